The minimum Gasteiger partial charge on any atom is -0.495 e. The zero-order chi connectivity index (χ0) is 37.0. The molecule has 1 saturated heterocycles. The number of amides is 2. The summed E-state index contributed by atoms with van der Waals surface area (Å²) in [7, 11) is 3.74. The number of piperidine rings is 1. The molecule has 0 spiro atoms. The van der Waals surface area contributed by atoms with E-state index < -0.39 is 6.10 Å². The Balaban J connectivity index is 1.16. The summed E-state index contributed by atoms with van der Waals surface area (Å²) >= 11 is 0. The molecule has 2 heterocycles. The van der Waals surface area contributed by atoms with Crippen molar-refractivity contribution in [3.05, 3.63) is 118 Å². The maximum Gasteiger partial charge on any atom is 0.250 e. The fraction of sp³-hybridized carbons (Fsp3) is 0.381. The molecular formula is C42H52N6O4. The van der Waals surface area contributed by atoms with E-state index in [9.17, 15) is 14.7 Å². The van der Waals surface area contributed by atoms with Crippen LogP contribution < -0.4 is 15.0 Å². The number of carbonyl (C=O) groups excluding carboxylic acids is 2. The Kier molecular flexibility index (Phi) is 13.4. The van der Waals surface area contributed by atoms with E-state index in [1.165, 1.54) is 11.8 Å². The Hall–Kier alpha value is -5.22. The first-order valence-corrected chi connectivity index (χ1v) is 18.2. The summed E-state index contributed by atoms with van der Waals surface area (Å²) in [6.45, 7) is 6.78. The van der Waals surface area contributed by atoms with E-state index in [0.717, 1.165) is 90.0 Å². The van der Waals surface area contributed by atoms with E-state index in [1.807, 2.05) is 71.6 Å². The molecule has 5 rings (SSSR count). The molecule has 2 aliphatic heterocycles. The molecule has 2 atom stereocenters. The van der Waals surface area contributed by atoms with Gasteiger partial charge in [-0.05, 0) is 91.6 Å². The van der Waals surface area contributed by atoms with Crippen molar-refractivity contribution in [2.24, 2.45) is 5.11 Å². The van der Waals surface area contributed by atoms with Gasteiger partial charge in [0, 0.05) is 43.7 Å². The number of rotatable bonds is 16. The molecule has 1 fully saturated rings. The highest BCUT2D eigenvalue weighted by atomic mass is 16.5. The lowest BCUT2D eigenvalue weighted by atomic mass is 9.95. The van der Waals surface area contributed by atoms with E-state index in [2.05, 4.69) is 53.4 Å². The number of anilines is 1. The molecule has 0 aromatic heterocycles. The lowest BCUT2D eigenvalue weighted by Gasteiger charge is -2.34. The lowest BCUT2D eigenvalue weighted by Crippen LogP contribution is -2.38. The summed E-state index contributed by atoms with van der Waals surface area (Å²) in [6, 6.07) is 21.3. The summed E-state index contributed by atoms with van der Waals surface area (Å²) in [5.74, 6) is 0.675. The molecule has 0 bridgehead atoms. The van der Waals surface area contributed by atoms with Crippen molar-refractivity contribution in [3.63, 3.8) is 0 Å². The van der Waals surface area contributed by atoms with E-state index in [0.29, 0.717) is 19.6 Å². The first-order valence-electron chi connectivity index (χ1n) is 18.2. The van der Waals surface area contributed by atoms with Crippen molar-refractivity contribution >= 4 is 29.7 Å². The summed E-state index contributed by atoms with van der Waals surface area (Å²) < 4.78 is 5.75. The van der Waals surface area contributed by atoms with Crippen molar-refractivity contribution in [3.8, 4) is 5.75 Å². The Morgan fingerprint density at radius 2 is 1.67 bits per heavy atom. The van der Waals surface area contributed by atoms with Crippen LogP contribution in [0.15, 0.2) is 95.4 Å². The highest BCUT2D eigenvalue weighted by Gasteiger charge is 2.28. The molecule has 10 nitrogen and oxygen atoms in total. The van der Waals surface area contributed by atoms with E-state index in [1.54, 1.807) is 13.2 Å². The molecule has 0 aliphatic carbocycles. The van der Waals surface area contributed by atoms with Gasteiger partial charge in [-0.15, -0.1) is 0 Å². The van der Waals surface area contributed by atoms with Gasteiger partial charge >= 0.3 is 0 Å². The molecule has 3 N–H and O–H groups in total. The number of carbonyl (C=O) groups is 2. The van der Waals surface area contributed by atoms with E-state index in [-0.39, 0.29) is 17.9 Å². The number of methoxy groups -OCH3 is 1. The van der Waals surface area contributed by atoms with Crippen LogP contribution in [0.4, 0.5) is 5.69 Å². The highest BCUT2D eigenvalue weighted by molar-refractivity contribution is 5.99. The van der Waals surface area contributed by atoms with E-state index >= 15 is 0 Å². The van der Waals surface area contributed by atoms with Gasteiger partial charge in [0.2, 0.25) is 11.8 Å². The topological polar surface area (TPSA) is 122 Å². The van der Waals surface area contributed by atoms with Crippen LogP contribution in [0.5, 0.6) is 5.75 Å². The minimum absolute atomic E-state index is 0.0429. The molecule has 2 aliphatic rings. The van der Waals surface area contributed by atoms with Crippen LogP contribution in [0.3, 0.4) is 0 Å². The van der Waals surface area contributed by atoms with Crippen LogP contribution >= 0.6 is 0 Å². The normalized spacial score (nSPS) is 16.7. The van der Waals surface area contributed by atoms with Gasteiger partial charge in [-0.25, -0.2) is 5.53 Å². The van der Waals surface area contributed by atoms with Crippen molar-refractivity contribution in [2.75, 3.05) is 45.4 Å². The molecule has 2 unspecified atom stereocenters. The quantitative estimate of drug-likeness (QED) is 0.0794. The predicted octanol–water partition coefficient (Wildman–Crippen LogP) is 7.84. The molecule has 52 heavy (non-hydrogen) atoms. The monoisotopic (exact) mass is 704 g/mol. The van der Waals surface area contributed by atoms with Gasteiger partial charge in [0.15, 0.2) is 0 Å². The van der Waals surface area contributed by atoms with Crippen LogP contribution in [0, 0.1) is 5.53 Å². The summed E-state index contributed by atoms with van der Waals surface area (Å²) in [5.41, 5.74) is 14.1. The lowest BCUT2D eigenvalue weighted by molar-refractivity contribution is -0.130. The number of likely N-dealkylation sites (tertiary alicyclic amines) is 1. The molecular weight excluding hydrogens is 652 g/mol. The first-order chi connectivity index (χ1) is 25.2. The van der Waals surface area contributed by atoms with Crippen molar-refractivity contribution in [1.82, 2.24) is 15.1 Å². The second-order valence-electron chi connectivity index (χ2n) is 13.6. The Labute approximate surface area is 308 Å². The van der Waals surface area contributed by atoms with Gasteiger partial charge < -0.3 is 29.9 Å². The number of hydrogen-bond acceptors (Lipinski definition) is 8. The third-order valence-corrected chi connectivity index (χ3v) is 9.92. The predicted molar refractivity (Wildman–Crippen MR) is 207 cm³/mol. The smallest absolute Gasteiger partial charge is 0.250 e. The summed E-state index contributed by atoms with van der Waals surface area (Å²) in [6.07, 6.45) is 12.0. The number of ether oxygens (including phenoxy) is 1. The van der Waals surface area contributed by atoms with Crippen molar-refractivity contribution < 1.29 is 19.4 Å². The van der Waals surface area contributed by atoms with Crippen LogP contribution in [-0.2, 0) is 9.59 Å². The molecule has 0 saturated carbocycles. The number of nitrogens with one attached hydrogen (secondary N) is 2. The fourth-order valence-corrected chi connectivity index (χ4v) is 6.64. The third-order valence-electron chi connectivity index (χ3n) is 9.92. The average Bonchev–Trinajstić information content (AvgIpc) is 3.50. The average molecular weight is 705 g/mol. The molecule has 3 aromatic carbocycles. The van der Waals surface area contributed by atoms with Gasteiger partial charge in [-0.3, -0.25) is 9.59 Å². The SMILES string of the molecule is COc1cc(/C=C2\CCCN(C(C)c3ccc(C(O)c4ccc(/C=C/C(=O)NCCCCCCN=N)cc4)cc3)C2=O)ccc1N1C=C(C)N(C)C1. The molecule has 10 heteroatoms. The molecule has 274 valence electrons. The number of allylic oxidation sites excluding steroid dienone is 1. The van der Waals surface area contributed by atoms with Gasteiger partial charge in [-0.1, -0.05) is 67.4 Å². The van der Waals surface area contributed by atoms with Crippen LogP contribution in [0.2, 0.25) is 0 Å². The minimum atomic E-state index is -0.804. The molecule has 2 amide bonds. The number of unbranched alkanes of at least 4 members (excludes halogenated alkanes) is 3. The largest absolute Gasteiger partial charge is 0.495 e. The Morgan fingerprint density at radius 3 is 2.35 bits per heavy atom. The van der Waals surface area contributed by atoms with Gasteiger partial charge in [0.25, 0.3) is 0 Å². The molecule has 0 radical (unpaired) electrons. The number of aliphatic hydroxyl groups is 1. The fourth-order valence-electron chi connectivity index (χ4n) is 6.64. The van der Waals surface area contributed by atoms with Gasteiger partial charge in [0.05, 0.1) is 32.1 Å². The second-order valence-corrected chi connectivity index (χ2v) is 13.6. The van der Waals surface area contributed by atoms with E-state index in [4.69, 9.17) is 10.3 Å². The van der Waals surface area contributed by atoms with Crippen LogP contribution in [0.25, 0.3) is 12.2 Å². The number of aliphatic hydroxyl groups excluding tert-OH is 1. The zero-order valence-electron chi connectivity index (χ0n) is 30.8. The number of nitrogens with zero attached hydrogens (tertiary/aromatic N) is 4. The van der Waals surface area contributed by atoms with Gasteiger partial charge in [0.1, 0.15) is 11.9 Å². The van der Waals surface area contributed by atoms with Crippen molar-refractivity contribution in [2.45, 2.75) is 64.5 Å². The molecule has 3 aromatic rings. The van der Waals surface area contributed by atoms with Gasteiger partial charge in [-0.2, -0.15) is 5.11 Å². The summed E-state index contributed by atoms with van der Waals surface area (Å²) in [5, 5.41) is 17.4. The maximum absolute atomic E-state index is 13.7. The zero-order valence-corrected chi connectivity index (χ0v) is 30.8. The Morgan fingerprint density at radius 1 is 1.00 bits per heavy atom. The third kappa shape index (κ3) is 9.76. The Bertz CT molecular complexity index is 1780. The van der Waals surface area contributed by atoms with Crippen LogP contribution in [0.1, 0.15) is 92.3 Å². The second kappa shape index (κ2) is 18.3. The number of benzene rings is 3. The highest BCUT2D eigenvalue weighted by Crippen LogP contribution is 2.35. The maximum atomic E-state index is 13.7. The standard InChI is InChI=1S/C42H52N6O4/c1-30-28-47(29-46(30)3)38-21-13-33(27-39(38)52-4)26-37-10-9-25-48(42(37)51)31(2)34-17-19-36(20-18-34)41(50)35-15-11-32(12-16-35)14-22-40(49)44-23-7-5-6-8-24-45-43/h11-22,26-28,31,41,43,50H,5-10,23-25,29H2,1-4H3,(H,44,49)/b22-14+,37-26+,45-43?. The summed E-state index contributed by atoms with van der Waals surface area (Å²) in [4.78, 5) is 32.2. The van der Waals surface area contributed by atoms with Crippen LogP contribution in [-0.4, -0.2) is 67.2 Å². The first kappa shape index (κ1) is 38.0. The van der Waals surface area contributed by atoms with Crippen molar-refractivity contribution in [1.29, 1.82) is 5.53 Å². The number of hydrogen-bond donors (Lipinski definition) is 3.